The Morgan fingerprint density at radius 2 is 2.12 bits per heavy atom. The molecule has 2 rings (SSSR count). The highest BCUT2D eigenvalue weighted by Gasteiger charge is 2.01. The van der Waals surface area contributed by atoms with Gasteiger partial charge in [-0.15, -0.1) is 0 Å². The van der Waals surface area contributed by atoms with Crippen molar-refractivity contribution in [2.75, 3.05) is 6.54 Å². The fourth-order valence-corrected chi connectivity index (χ4v) is 1.56. The fourth-order valence-electron chi connectivity index (χ4n) is 1.44. The summed E-state index contributed by atoms with van der Waals surface area (Å²) in [5, 5.41) is 3.52. The van der Waals surface area contributed by atoms with Gasteiger partial charge in [-0.05, 0) is 24.1 Å². The van der Waals surface area contributed by atoms with Crippen molar-refractivity contribution in [2.45, 2.75) is 6.42 Å². The van der Waals surface area contributed by atoms with Gasteiger partial charge in [0.2, 0.25) is 0 Å². The number of carbonyl (C=O) groups excluding carboxylic acids is 1. The van der Waals surface area contributed by atoms with E-state index in [1.165, 1.54) is 10.9 Å². The van der Waals surface area contributed by atoms with Gasteiger partial charge in [-0.2, -0.15) is 0 Å². The first-order chi connectivity index (χ1) is 8.25. The lowest BCUT2D eigenvalue weighted by Crippen LogP contribution is -2.29. The van der Waals surface area contributed by atoms with Crippen LogP contribution in [0.2, 0.25) is 5.02 Å². The molecule has 0 aliphatic carbocycles. The first kappa shape index (κ1) is 11.7. The van der Waals surface area contributed by atoms with Crippen molar-refractivity contribution in [2.24, 2.45) is 0 Å². The average molecular weight is 250 g/mol. The van der Waals surface area contributed by atoms with Gasteiger partial charge in [0.1, 0.15) is 6.33 Å². The van der Waals surface area contributed by atoms with E-state index in [2.05, 4.69) is 10.3 Å². The number of amides is 1. The normalized spacial score (nSPS) is 10.2. The summed E-state index contributed by atoms with van der Waals surface area (Å²) in [6.45, 7) is 0.582. The Kier molecular flexibility index (Phi) is 3.77. The number of nitrogens with zero attached hydrogens (tertiary/aromatic N) is 2. The molecule has 1 aromatic carbocycles. The zero-order valence-corrected chi connectivity index (χ0v) is 9.89. The molecule has 2 aromatic rings. The second kappa shape index (κ2) is 5.50. The third-order valence-corrected chi connectivity index (χ3v) is 2.59. The Morgan fingerprint density at radius 3 is 2.76 bits per heavy atom. The predicted molar refractivity (Wildman–Crippen MR) is 66.2 cm³/mol. The topological polar surface area (TPSA) is 46.9 Å². The molecule has 88 valence electrons. The van der Waals surface area contributed by atoms with Crippen LogP contribution in [0, 0.1) is 0 Å². The molecule has 0 aliphatic heterocycles. The molecular weight excluding hydrogens is 238 g/mol. The van der Waals surface area contributed by atoms with E-state index in [-0.39, 0.29) is 6.03 Å². The Hall–Kier alpha value is -1.81. The largest absolute Gasteiger partial charge is 0.337 e. The monoisotopic (exact) mass is 249 g/mol. The molecule has 1 heterocycles. The Balaban J connectivity index is 1.80. The number of aromatic nitrogens is 2. The molecule has 0 spiro atoms. The van der Waals surface area contributed by atoms with E-state index in [1.54, 1.807) is 12.4 Å². The zero-order valence-electron chi connectivity index (χ0n) is 9.14. The van der Waals surface area contributed by atoms with Crippen molar-refractivity contribution in [1.29, 1.82) is 0 Å². The summed E-state index contributed by atoms with van der Waals surface area (Å²) in [4.78, 5) is 15.3. The van der Waals surface area contributed by atoms with Crippen molar-refractivity contribution in [3.8, 4) is 0 Å². The van der Waals surface area contributed by atoms with Crippen molar-refractivity contribution >= 4 is 17.6 Å². The van der Waals surface area contributed by atoms with Crippen molar-refractivity contribution in [3.63, 3.8) is 0 Å². The standard InChI is InChI=1S/C12H12ClN3O/c13-11-3-1-10(2-4-11)5-6-15-12(17)16-8-7-14-9-16/h1-4,7-9H,5-6H2,(H,15,17). The second-order valence-electron chi connectivity index (χ2n) is 3.58. The van der Waals surface area contributed by atoms with Crippen LogP contribution in [-0.4, -0.2) is 22.1 Å². The smallest absolute Gasteiger partial charge is 0.326 e. The highest BCUT2D eigenvalue weighted by atomic mass is 35.5. The molecule has 0 saturated heterocycles. The maximum atomic E-state index is 11.5. The number of hydrogen-bond donors (Lipinski definition) is 1. The summed E-state index contributed by atoms with van der Waals surface area (Å²) in [5.41, 5.74) is 1.14. The maximum absolute atomic E-state index is 11.5. The molecule has 0 aliphatic rings. The Labute approximate surface area is 104 Å². The van der Waals surface area contributed by atoms with Crippen LogP contribution >= 0.6 is 11.6 Å². The SMILES string of the molecule is O=C(NCCc1ccc(Cl)cc1)n1ccnc1. The van der Waals surface area contributed by atoms with Gasteiger partial charge in [-0.25, -0.2) is 9.78 Å². The summed E-state index contributed by atoms with van der Waals surface area (Å²) in [6.07, 6.45) is 5.42. The molecule has 0 fully saturated rings. The lowest BCUT2D eigenvalue weighted by atomic mass is 10.1. The van der Waals surface area contributed by atoms with Crippen LogP contribution in [0.5, 0.6) is 0 Å². The Bertz CT molecular complexity index is 479. The molecular formula is C12H12ClN3O. The molecule has 1 aromatic heterocycles. The fraction of sp³-hybridized carbons (Fsp3) is 0.167. The van der Waals surface area contributed by atoms with E-state index in [0.717, 1.165) is 17.0 Å². The summed E-state index contributed by atoms with van der Waals surface area (Å²) < 4.78 is 1.40. The average Bonchev–Trinajstić information content (AvgIpc) is 2.85. The van der Waals surface area contributed by atoms with Gasteiger partial charge >= 0.3 is 6.03 Å². The van der Waals surface area contributed by atoms with E-state index in [1.807, 2.05) is 24.3 Å². The zero-order chi connectivity index (χ0) is 12.1. The number of rotatable bonds is 3. The highest BCUT2D eigenvalue weighted by molar-refractivity contribution is 6.30. The van der Waals surface area contributed by atoms with Crippen LogP contribution in [0.4, 0.5) is 4.79 Å². The highest BCUT2D eigenvalue weighted by Crippen LogP contribution is 2.09. The van der Waals surface area contributed by atoms with Crippen molar-refractivity contribution < 1.29 is 4.79 Å². The van der Waals surface area contributed by atoms with Crippen molar-refractivity contribution in [3.05, 3.63) is 53.6 Å². The second-order valence-corrected chi connectivity index (χ2v) is 4.01. The van der Waals surface area contributed by atoms with E-state index in [9.17, 15) is 4.79 Å². The lowest BCUT2D eigenvalue weighted by molar-refractivity contribution is 0.242. The van der Waals surface area contributed by atoms with Crippen LogP contribution < -0.4 is 5.32 Å². The predicted octanol–water partition coefficient (Wildman–Crippen LogP) is 2.34. The molecule has 17 heavy (non-hydrogen) atoms. The van der Waals surface area contributed by atoms with E-state index in [0.29, 0.717) is 6.54 Å². The molecule has 0 radical (unpaired) electrons. The summed E-state index contributed by atoms with van der Waals surface area (Å²) in [7, 11) is 0. The number of nitrogens with one attached hydrogen (secondary N) is 1. The Morgan fingerprint density at radius 1 is 1.35 bits per heavy atom. The van der Waals surface area contributed by atoms with Crippen LogP contribution in [0.25, 0.3) is 0 Å². The van der Waals surface area contributed by atoms with Crippen molar-refractivity contribution in [1.82, 2.24) is 14.9 Å². The minimum absolute atomic E-state index is 0.170. The first-order valence-electron chi connectivity index (χ1n) is 5.26. The molecule has 0 saturated carbocycles. The van der Waals surface area contributed by atoms with Crippen LogP contribution in [0.1, 0.15) is 5.56 Å². The lowest BCUT2D eigenvalue weighted by Gasteiger charge is -2.05. The van der Waals surface area contributed by atoms with Gasteiger partial charge < -0.3 is 5.32 Å². The first-order valence-corrected chi connectivity index (χ1v) is 5.64. The quantitative estimate of drug-likeness (QED) is 0.908. The number of benzene rings is 1. The molecule has 0 bridgehead atoms. The minimum atomic E-state index is -0.170. The molecule has 0 unspecified atom stereocenters. The molecule has 0 atom stereocenters. The van der Waals surface area contributed by atoms with Gasteiger partial charge in [0.15, 0.2) is 0 Å². The van der Waals surface area contributed by atoms with Crippen LogP contribution in [0.15, 0.2) is 43.0 Å². The van der Waals surface area contributed by atoms with Gasteiger partial charge in [0, 0.05) is 24.0 Å². The van der Waals surface area contributed by atoms with E-state index < -0.39 is 0 Å². The van der Waals surface area contributed by atoms with Crippen LogP contribution in [0.3, 0.4) is 0 Å². The summed E-state index contributed by atoms with van der Waals surface area (Å²) in [5.74, 6) is 0. The van der Waals surface area contributed by atoms with Gasteiger partial charge in [-0.3, -0.25) is 4.57 Å². The summed E-state index contributed by atoms with van der Waals surface area (Å²) >= 11 is 5.78. The van der Waals surface area contributed by atoms with Crippen LogP contribution in [-0.2, 0) is 6.42 Å². The van der Waals surface area contributed by atoms with Gasteiger partial charge in [-0.1, -0.05) is 23.7 Å². The molecule has 1 N–H and O–H groups in total. The molecule has 4 nitrogen and oxygen atoms in total. The molecule has 5 heteroatoms. The number of hydrogen-bond acceptors (Lipinski definition) is 2. The van der Waals surface area contributed by atoms with Gasteiger partial charge in [0.05, 0.1) is 0 Å². The maximum Gasteiger partial charge on any atom is 0.326 e. The number of halogens is 1. The summed E-state index contributed by atoms with van der Waals surface area (Å²) in [6, 6.07) is 7.41. The minimum Gasteiger partial charge on any atom is -0.337 e. The van der Waals surface area contributed by atoms with E-state index in [4.69, 9.17) is 11.6 Å². The van der Waals surface area contributed by atoms with E-state index >= 15 is 0 Å². The third kappa shape index (κ3) is 3.32. The number of imidazole rings is 1. The molecule has 1 amide bonds. The third-order valence-electron chi connectivity index (χ3n) is 2.34. The van der Waals surface area contributed by atoms with Gasteiger partial charge in [0.25, 0.3) is 0 Å². The number of carbonyl (C=O) groups is 1.